The lowest BCUT2D eigenvalue weighted by Gasteiger charge is -2.38. The Balaban J connectivity index is 1.48. The normalized spacial score (nSPS) is 22.7. The summed E-state index contributed by atoms with van der Waals surface area (Å²) < 4.78 is 6.99. The zero-order chi connectivity index (χ0) is 24.1. The summed E-state index contributed by atoms with van der Waals surface area (Å²) in [5.74, 6) is -0.291. The van der Waals surface area contributed by atoms with Crippen LogP contribution in [0.2, 0.25) is 0 Å². The Bertz CT molecular complexity index is 1220. The molecule has 4 heterocycles. The molecule has 2 aromatic heterocycles. The highest BCUT2D eigenvalue weighted by atomic mass is 32.3. The molecule has 1 amide bonds. The third kappa shape index (κ3) is 5.17. The van der Waals surface area contributed by atoms with E-state index in [4.69, 9.17) is 4.18 Å². The number of likely N-dealkylation sites (tertiary alicyclic amines) is 1. The molecular weight excluding hydrogens is 460 g/mol. The van der Waals surface area contributed by atoms with E-state index in [1.165, 1.54) is 19.0 Å². The maximum atomic E-state index is 13.0. The second kappa shape index (κ2) is 10.5. The molecule has 2 aliphatic heterocycles. The quantitative estimate of drug-likeness (QED) is 0.540. The van der Waals surface area contributed by atoms with E-state index in [0.717, 1.165) is 30.8 Å². The van der Waals surface area contributed by atoms with Crippen molar-refractivity contribution in [2.24, 2.45) is 10.2 Å². The fourth-order valence-corrected chi connectivity index (χ4v) is 6.55. The number of hydrogen-bond donors (Lipinski definition) is 1. The minimum Gasteiger partial charge on any atom is -0.315 e. The molecule has 2 unspecified atom stereocenters. The van der Waals surface area contributed by atoms with Crippen LogP contribution in [0.15, 0.2) is 89.6 Å². The number of nitrogens with one attached hydrogen (secondary N) is 1. The zero-order valence-electron chi connectivity index (χ0n) is 19.6. The fourth-order valence-electron chi connectivity index (χ4n) is 4.29. The molecule has 0 saturated carbocycles. The third-order valence-corrected chi connectivity index (χ3v) is 8.74. The maximum Gasteiger partial charge on any atom is 0.258 e. The minimum absolute atomic E-state index is 0.208. The smallest absolute Gasteiger partial charge is 0.258 e. The maximum absolute atomic E-state index is 13.0. The number of nitrogens with zero attached hydrogens (tertiary/aromatic N) is 5. The molecule has 1 aromatic carbocycles. The molecule has 5 rings (SSSR count). The minimum atomic E-state index is -2.24. The summed E-state index contributed by atoms with van der Waals surface area (Å²) in [4.78, 5) is 23.7. The molecule has 1 saturated heterocycles. The van der Waals surface area contributed by atoms with E-state index in [-0.39, 0.29) is 12.0 Å². The first-order valence-corrected chi connectivity index (χ1v) is 13.6. The summed E-state index contributed by atoms with van der Waals surface area (Å²) in [5.41, 5.74) is 2.41. The van der Waals surface area contributed by atoms with Gasteiger partial charge in [0.25, 0.3) is 5.91 Å². The molecular formula is C26H28N6O2S. The molecule has 2 atom stereocenters. The van der Waals surface area contributed by atoms with Crippen LogP contribution in [0.25, 0.3) is 0 Å². The second-order valence-corrected chi connectivity index (χ2v) is 11.2. The number of pyridine rings is 2. The summed E-state index contributed by atoms with van der Waals surface area (Å²) in [6.07, 6.45) is 10.8. The molecule has 180 valence electrons. The molecule has 8 nitrogen and oxygen atoms in total. The van der Waals surface area contributed by atoms with Gasteiger partial charge in [0.05, 0.1) is 5.56 Å². The molecule has 1 fully saturated rings. The van der Waals surface area contributed by atoms with E-state index < -0.39 is 10.3 Å². The molecule has 0 aliphatic carbocycles. The molecule has 0 spiro atoms. The Morgan fingerprint density at radius 2 is 1.77 bits per heavy atom. The number of amidine groups is 1. The standard InChI is InChI=1S/C26H28N6O2S/c1-35(34-23(19-32-16-5-6-17-32)20-8-3-2-4-9-20)25(21-11-14-27-15-12-21)30-31-26(35)29-24(33)22-10-7-13-28-18-22/h2-4,7-15,18,23H,5-6,16-17,19H2,1H3,(H,29,31,33). The van der Waals surface area contributed by atoms with E-state index in [1.807, 2.05) is 36.6 Å². The van der Waals surface area contributed by atoms with Crippen LogP contribution in [-0.2, 0) is 4.18 Å². The number of aromatic nitrogens is 2. The van der Waals surface area contributed by atoms with Gasteiger partial charge in [-0.2, -0.15) is 0 Å². The predicted molar refractivity (Wildman–Crippen MR) is 139 cm³/mol. The van der Waals surface area contributed by atoms with Gasteiger partial charge in [-0.1, -0.05) is 30.3 Å². The van der Waals surface area contributed by atoms with Gasteiger partial charge in [-0.05, 0) is 66.1 Å². The lowest BCUT2D eigenvalue weighted by atomic mass is 10.1. The monoisotopic (exact) mass is 488 g/mol. The van der Waals surface area contributed by atoms with Crippen LogP contribution >= 0.6 is 10.3 Å². The summed E-state index contributed by atoms with van der Waals surface area (Å²) in [6.45, 7) is 2.88. The van der Waals surface area contributed by atoms with Crippen LogP contribution in [-0.4, -0.2) is 56.9 Å². The van der Waals surface area contributed by atoms with Crippen molar-refractivity contribution in [2.75, 3.05) is 25.9 Å². The highest BCUT2D eigenvalue weighted by molar-refractivity contribution is 8.52. The number of benzene rings is 1. The Labute approximate surface area is 206 Å². The predicted octanol–water partition coefficient (Wildman–Crippen LogP) is 4.14. The van der Waals surface area contributed by atoms with Gasteiger partial charge in [0.15, 0.2) is 0 Å². The molecule has 3 aromatic rings. The zero-order valence-corrected chi connectivity index (χ0v) is 20.4. The molecule has 2 aliphatic rings. The van der Waals surface area contributed by atoms with Crippen LogP contribution < -0.4 is 5.32 Å². The van der Waals surface area contributed by atoms with E-state index in [1.54, 1.807) is 30.7 Å². The van der Waals surface area contributed by atoms with Crippen LogP contribution in [0.1, 0.15) is 40.4 Å². The van der Waals surface area contributed by atoms with Crippen molar-refractivity contribution in [1.29, 1.82) is 0 Å². The summed E-state index contributed by atoms with van der Waals surface area (Å²) in [7, 11) is -2.24. The highest BCUT2D eigenvalue weighted by Crippen LogP contribution is 2.56. The Kier molecular flexibility index (Phi) is 6.98. The van der Waals surface area contributed by atoms with Gasteiger partial charge in [-0.15, -0.1) is 10.2 Å². The van der Waals surface area contributed by atoms with Crippen molar-refractivity contribution in [3.63, 3.8) is 0 Å². The SMILES string of the molecule is CS1(OC(CN2CCCC2)c2ccccc2)C(NC(=O)c2cccnc2)=NN=C1c1ccncc1. The number of amides is 1. The van der Waals surface area contributed by atoms with Crippen LogP contribution in [0, 0.1) is 0 Å². The number of carbonyl (C=O) groups excluding carboxylic acids is 1. The van der Waals surface area contributed by atoms with Gasteiger partial charge in [0.1, 0.15) is 11.1 Å². The van der Waals surface area contributed by atoms with Gasteiger partial charge in [-0.25, -0.2) is 0 Å². The van der Waals surface area contributed by atoms with Crippen LogP contribution in [0.4, 0.5) is 0 Å². The average molecular weight is 489 g/mol. The number of rotatable bonds is 7. The van der Waals surface area contributed by atoms with Crippen LogP contribution in [0.5, 0.6) is 0 Å². The molecule has 9 heteroatoms. The van der Waals surface area contributed by atoms with E-state index in [9.17, 15) is 4.79 Å². The summed E-state index contributed by atoms with van der Waals surface area (Å²) in [6, 6.07) is 17.5. The van der Waals surface area contributed by atoms with Crippen molar-refractivity contribution in [3.05, 3.63) is 96.1 Å². The van der Waals surface area contributed by atoms with Gasteiger partial charge in [-0.3, -0.25) is 20.1 Å². The van der Waals surface area contributed by atoms with Crippen molar-refractivity contribution >= 4 is 26.4 Å². The van der Waals surface area contributed by atoms with E-state index in [2.05, 4.69) is 42.5 Å². The molecule has 1 N–H and O–H groups in total. The van der Waals surface area contributed by atoms with Crippen LogP contribution in [0.3, 0.4) is 0 Å². The average Bonchev–Trinajstić information content (AvgIpc) is 3.53. The van der Waals surface area contributed by atoms with Crippen molar-refractivity contribution in [3.8, 4) is 0 Å². The lowest BCUT2D eigenvalue weighted by Crippen LogP contribution is -2.37. The van der Waals surface area contributed by atoms with Crippen molar-refractivity contribution < 1.29 is 8.98 Å². The Morgan fingerprint density at radius 1 is 1.00 bits per heavy atom. The number of hydrogen-bond acceptors (Lipinski definition) is 7. The van der Waals surface area contributed by atoms with E-state index in [0.29, 0.717) is 15.8 Å². The third-order valence-electron chi connectivity index (χ3n) is 6.14. The summed E-state index contributed by atoms with van der Waals surface area (Å²) >= 11 is 0. The Morgan fingerprint density at radius 3 is 2.49 bits per heavy atom. The lowest BCUT2D eigenvalue weighted by molar-refractivity contribution is 0.0977. The van der Waals surface area contributed by atoms with Gasteiger partial charge in [0.2, 0.25) is 5.17 Å². The topological polar surface area (TPSA) is 92.1 Å². The fraction of sp³-hybridized carbons (Fsp3) is 0.269. The van der Waals surface area contributed by atoms with Gasteiger partial charge in [0, 0.05) is 43.2 Å². The first kappa shape index (κ1) is 23.3. The highest BCUT2D eigenvalue weighted by Gasteiger charge is 2.41. The number of carbonyl (C=O) groups is 1. The largest absolute Gasteiger partial charge is 0.315 e. The molecule has 35 heavy (non-hydrogen) atoms. The van der Waals surface area contributed by atoms with Gasteiger partial charge < -0.3 is 9.08 Å². The first-order valence-electron chi connectivity index (χ1n) is 11.6. The van der Waals surface area contributed by atoms with Crippen molar-refractivity contribution in [1.82, 2.24) is 20.2 Å². The molecule has 0 bridgehead atoms. The second-order valence-electron chi connectivity index (χ2n) is 8.59. The first-order chi connectivity index (χ1) is 17.1. The summed E-state index contributed by atoms with van der Waals surface area (Å²) in [5, 5.41) is 13.0. The molecule has 0 radical (unpaired) electrons. The van der Waals surface area contributed by atoms with E-state index >= 15 is 0 Å². The van der Waals surface area contributed by atoms with Crippen molar-refractivity contribution in [2.45, 2.75) is 18.9 Å². The van der Waals surface area contributed by atoms with Gasteiger partial charge >= 0.3 is 0 Å². The Hall–Kier alpha value is -3.40.